The van der Waals surface area contributed by atoms with Gasteiger partial charge < -0.3 is 14.9 Å². The van der Waals surface area contributed by atoms with Crippen molar-refractivity contribution in [2.45, 2.75) is 51.2 Å². The molecule has 4 nitrogen and oxygen atoms in total. The fraction of sp³-hybridized carbons (Fsp3) is 0.265. The molecule has 1 fully saturated rings. The van der Waals surface area contributed by atoms with E-state index in [4.69, 9.17) is 16.3 Å². The topological polar surface area (TPSA) is 62.6 Å². The van der Waals surface area contributed by atoms with Crippen LogP contribution in [0.3, 0.4) is 0 Å². The summed E-state index contributed by atoms with van der Waals surface area (Å²) in [6.45, 7) is 2.65. The molecule has 1 saturated heterocycles. The lowest BCUT2D eigenvalue weighted by Crippen LogP contribution is -2.22. The van der Waals surface area contributed by atoms with Crippen molar-refractivity contribution in [1.29, 1.82) is 0 Å². The zero-order chi connectivity index (χ0) is 27.2. The van der Waals surface area contributed by atoms with E-state index in [0.29, 0.717) is 30.2 Å². The van der Waals surface area contributed by atoms with Gasteiger partial charge in [-0.05, 0) is 97.2 Å². The lowest BCUT2D eigenvalue weighted by atomic mass is 9.92. The van der Waals surface area contributed by atoms with Crippen LogP contribution in [0, 0.1) is 0 Å². The predicted molar refractivity (Wildman–Crippen MR) is 161 cm³/mol. The van der Waals surface area contributed by atoms with Gasteiger partial charge in [0.05, 0.1) is 17.3 Å². The molecule has 1 unspecified atom stereocenters. The van der Waals surface area contributed by atoms with Gasteiger partial charge in [0, 0.05) is 17.0 Å². The predicted octanol–water partition coefficient (Wildman–Crippen LogP) is 8.58. The Morgan fingerprint density at radius 2 is 1.87 bits per heavy atom. The van der Waals surface area contributed by atoms with Crippen molar-refractivity contribution in [2.75, 3.05) is 6.61 Å². The quantitative estimate of drug-likeness (QED) is 0.220. The molecule has 0 saturated carbocycles. The highest BCUT2D eigenvalue weighted by atomic mass is 35.5. The third-order valence-electron chi connectivity index (χ3n) is 7.40. The Bertz CT molecular complexity index is 1500. The number of halogens is 1. The van der Waals surface area contributed by atoms with Crippen LogP contribution < -0.4 is 0 Å². The molecule has 1 aliphatic rings. The van der Waals surface area contributed by atoms with Crippen LogP contribution in [0.1, 0.15) is 66.7 Å². The lowest BCUT2D eigenvalue weighted by molar-refractivity contribution is 0.0156. The number of hydrogen-bond acceptors (Lipinski definition) is 4. The molecule has 200 valence electrons. The number of ether oxygens (including phenoxy) is 1. The van der Waals surface area contributed by atoms with Gasteiger partial charge in [-0.2, -0.15) is 0 Å². The van der Waals surface area contributed by atoms with Crippen LogP contribution >= 0.6 is 11.6 Å². The normalized spacial score (nSPS) is 17.4. The van der Waals surface area contributed by atoms with Gasteiger partial charge in [0.1, 0.15) is 11.9 Å². The maximum Gasteiger partial charge on any atom is 0.125 e. The summed E-state index contributed by atoms with van der Waals surface area (Å²) in [7, 11) is 0. The van der Waals surface area contributed by atoms with E-state index >= 15 is 0 Å². The van der Waals surface area contributed by atoms with Crippen LogP contribution in [0.2, 0.25) is 5.02 Å². The second-order valence-corrected chi connectivity index (χ2v) is 10.6. The van der Waals surface area contributed by atoms with Gasteiger partial charge in [-0.15, -0.1) is 0 Å². The zero-order valence-electron chi connectivity index (χ0n) is 22.2. The summed E-state index contributed by atoms with van der Waals surface area (Å²) >= 11 is 6.13. The van der Waals surface area contributed by atoms with Gasteiger partial charge in [-0.3, -0.25) is 0 Å². The number of pyridine rings is 1. The highest BCUT2D eigenvalue weighted by Gasteiger charge is 2.21. The maximum atomic E-state index is 11.0. The van der Waals surface area contributed by atoms with Gasteiger partial charge in [-0.1, -0.05) is 72.3 Å². The van der Waals surface area contributed by atoms with E-state index in [1.165, 1.54) is 0 Å². The van der Waals surface area contributed by atoms with Crippen LogP contribution in [0.5, 0.6) is 0 Å². The molecule has 0 radical (unpaired) electrons. The van der Waals surface area contributed by atoms with Crippen molar-refractivity contribution >= 4 is 40.2 Å². The number of aliphatic hydroxyl groups excluding tert-OH is 2. The summed E-state index contributed by atoms with van der Waals surface area (Å²) in [6.07, 6.45) is 7.38. The van der Waals surface area contributed by atoms with Crippen LogP contribution in [0.15, 0.2) is 84.6 Å². The molecular formula is C34H34ClNO3. The highest BCUT2D eigenvalue weighted by Crippen LogP contribution is 2.29. The van der Waals surface area contributed by atoms with Crippen molar-refractivity contribution in [2.24, 2.45) is 0 Å². The fourth-order valence-electron chi connectivity index (χ4n) is 5.15. The van der Waals surface area contributed by atoms with E-state index in [2.05, 4.69) is 11.1 Å². The molecule has 0 aliphatic carbocycles. The minimum absolute atomic E-state index is 0.226. The third-order valence-corrected chi connectivity index (χ3v) is 7.63. The summed E-state index contributed by atoms with van der Waals surface area (Å²) < 4.78 is 5.80. The van der Waals surface area contributed by atoms with Crippen molar-refractivity contribution < 1.29 is 14.9 Å². The highest BCUT2D eigenvalue weighted by molar-refractivity contribution is 6.31. The molecule has 39 heavy (non-hydrogen) atoms. The van der Waals surface area contributed by atoms with Crippen molar-refractivity contribution in [3.8, 4) is 0 Å². The van der Waals surface area contributed by atoms with Crippen LogP contribution in [0.25, 0.3) is 28.6 Å². The van der Waals surface area contributed by atoms with Crippen molar-refractivity contribution in [3.63, 3.8) is 0 Å². The first kappa shape index (κ1) is 27.1. The molecular weight excluding hydrogens is 506 g/mol. The molecule has 5 heteroatoms. The van der Waals surface area contributed by atoms with E-state index in [-0.39, 0.29) is 6.10 Å². The summed E-state index contributed by atoms with van der Waals surface area (Å²) in [5.74, 6) is 0.325. The van der Waals surface area contributed by atoms with Gasteiger partial charge in [0.25, 0.3) is 0 Å². The van der Waals surface area contributed by atoms with Crippen LogP contribution in [-0.4, -0.2) is 27.9 Å². The number of allylic oxidation sites excluding steroid dienone is 1. The monoisotopic (exact) mass is 539 g/mol. The number of aliphatic hydroxyl groups is 2. The Kier molecular flexibility index (Phi) is 8.77. The Labute approximate surface area is 235 Å². The molecule has 0 amide bonds. The SMILES string of the molecule is C/C(=C(\O)C1CCCCO1)c1ccccc1CC[C@H](O)c1cccc(/C=C/c2ccc3ccc(Cl)cc3n2)c1. The number of nitrogens with zero attached hydrogens (tertiary/aromatic N) is 1. The van der Waals surface area contributed by atoms with Gasteiger partial charge in [-0.25, -0.2) is 4.98 Å². The maximum absolute atomic E-state index is 11.0. The molecule has 3 aromatic carbocycles. The van der Waals surface area contributed by atoms with E-state index < -0.39 is 6.10 Å². The number of benzene rings is 3. The van der Waals surface area contributed by atoms with Gasteiger partial charge in [0.15, 0.2) is 0 Å². The third kappa shape index (κ3) is 6.77. The smallest absolute Gasteiger partial charge is 0.125 e. The van der Waals surface area contributed by atoms with E-state index in [1.54, 1.807) is 0 Å². The Hall–Kier alpha value is -3.44. The van der Waals surface area contributed by atoms with Gasteiger partial charge >= 0.3 is 0 Å². The molecule has 2 N–H and O–H groups in total. The van der Waals surface area contributed by atoms with Gasteiger partial charge in [0.2, 0.25) is 0 Å². The molecule has 2 heterocycles. The lowest BCUT2D eigenvalue weighted by Gasteiger charge is -2.24. The van der Waals surface area contributed by atoms with Crippen LogP contribution in [-0.2, 0) is 11.2 Å². The largest absolute Gasteiger partial charge is 0.509 e. The first-order valence-corrected chi connectivity index (χ1v) is 14.0. The summed E-state index contributed by atoms with van der Waals surface area (Å²) in [4.78, 5) is 4.69. The molecule has 0 bridgehead atoms. The summed E-state index contributed by atoms with van der Waals surface area (Å²) in [6, 6.07) is 25.8. The zero-order valence-corrected chi connectivity index (χ0v) is 22.9. The number of aromatic nitrogens is 1. The van der Waals surface area contributed by atoms with Crippen molar-refractivity contribution in [3.05, 3.63) is 118 Å². The first-order valence-electron chi connectivity index (χ1n) is 13.6. The summed E-state index contributed by atoms with van der Waals surface area (Å²) in [5, 5.41) is 23.7. The Balaban J connectivity index is 1.27. The molecule has 5 rings (SSSR count). The second-order valence-electron chi connectivity index (χ2n) is 10.2. The van der Waals surface area contributed by atoms with Crippen molar-refractivity contribution in [1.82, 2.24) is 4.98 Å². The fourth-order valence-corrected chi connectivity index (χ4v) is 5.32. The van der Waals surface area contributed by atoms with Crippen LogP contribution in [0.4, 0.5) is 0 Å². The first-order chi connectivity index (χ1) is 19.0. The van der Waals surface area contributed by atoms with E-state index in [1.807, 2.05) is 91.9 Å². The number of aryl methyl sites for hydroxylation is 1. The number of hydrogen-bond donors (Lipinski definition) is 2. The average molecular weight is 540 g/mol. The second kappa shape index (κ2) is 12.6. The molecule has 4 aromatic rings. The molecule has 2 atom stereocenters. The van der Waals surface area contributed by atoms with E-state index in [0.717, 1.165) is 63.7 Å². The Morgan fingerprint density at radius 3 is 2.72 bits per heavy atom. The van der Waals surface area contributed by atoms with E-state index in [9.17, 15) is 10.2 Å². The minimum atomic E-state index is -0.605. The minimum Gasteiger partial charge on any atom is -0.509 e. The summed E-state index contributed by atoms with van der Waals surface area (Å²) in [5.41, 5.74) is 6.54. The average Bonchev–Trinajstić information content (AvgIpc) is 2.98. The standard InChI is InChI=1S/C34H34ClNO3/c1-23(34(38)33-11-4-5-20-39-33)30-10-3-2-8-25(30)15-19-32(37)27-9-6-7-24(21-27)12-17-29-18-14-26-13-16-28(35)22-31(26)36-29/h2-3,6-10,12-14,16-18,21-22,32-33,37-38H,4-5,11,15,19-20H2,1H3/b17-12+,34-23+/t32-,33?/m0/s1. The molecule has 0 spiro atoms. The number of fused-ring (bicyclic) bond motifs is 1. The molecule has 1 aromatic heterocycles. The molecule has 1 aliphatic heterocycles. The Morgan fingerprint density at radius 1 is 1.03 bits per heavy atom. The number of rotatable bonds is 8.